The lowest BCUT2D eigenvalue weighted by Crippen LogP contribution is -2.04. The third-order valence-electron chi connectivity index (χ3n) is 2.61. The highest BCUT2D eigenvalue weighted by Gasteiger charge is 2.18. The van der Waals surface area contributed by atoms with E-state index in [2.05, 4.69) is 4.98 Å². The Bertz CT molecular complexity index is 577. The van der Waals surface area contributed by atoms with Gasteiger partial charge < -0.3 is 9.47 Å². The molecule has 0 fully saturated rings. The first-order chi connectivity index (χ1) is 8.67. The third-order valence-corrected chi connectivity index (χ3v) is 3.53. The lowest BCUT2D eigenvalue weighted by Gasteiger charge is -2.08. The van der Waals surface area contributed by atoms with E-state index in [4.69, 9.17) is 9.47 Å². The maximum Gasteiger partial charge on any atom is 0.208 e. The Hall–Kier alpha value is -1.88. The Morgan fingerprint density at radius 2 is 2.06 bits per heavy atom. The summed E-state index contributed by atoms with van der Waals surface area (Å²) in [7, 11) is 3.11. The van der Waals surface area contributed by atoms with E-state index in [1.54, 1.807) is 30.8 Å². The second kappa shape index (κ2) is 5.18. The van der Waals surface area contributed by atoms with Gasteiger partial charge in [-0.25, -0.2) is 4.98 Å². The standard InChI is InChI=1S/C13H13NO3S/c1-8-13(18-7-14-8)12(15)10-5-4-9(16-2)6-11(10)17-3/h4-7H,1-3H3. The molecule has 94 valence electrons. The second-order valence-electron chi connectivity index (χ2n) is 3.66. The molecule has 1 aromatic heterocycles. The summed E-state index contributed by atoms with van der Waals surface area (Å²) in [6.07, 6.45) is 0. The van der Waals surface area contributed by atoms with Crippen LogP contribution in [0.3, 0.4) is 0 Å². The summed E-state index contributed by atoms with van der Waals surface area (Å²) < 4.78 is 10.3. The molecule has 0 saturated carbocycles. The van der Waals surface area contributed by atoms with Crippen LogP contribution in [0.4, 0.5) is 0 Å². The van der Waals surface area contributed by atoms with E-state index in [1.165, 1.54) is 18.4 Å². The molecule has 0 atom stereocenters. The lowest BCUT2D eigenvalue weighted by molar-refractivity contribution is 0.103. The first-order valence-electron chi connectivity index (χ1n) is 5.34. The smallest absolute Gasteiger partial charge is 0.208 e. The van der Waals surface area contributed by atoms with Gasteiger partial charge in [0.15, 0.2) is 0 Å². The van der Waals surface area contributed by atoms with Crippen LogP contribution in [0.2, 0.25) is 0 Å². The highest BCUT2D eigenvalue weighted by molar-refractivity contribution is 7.12. The van der Waals surface area contributed by atoms with Crippen LogP contribution in [0.5, 0.6) is 11.5 Å². The molecule has 0 amide bonds. The number of methoxy groups -OCH3 is 2. The molecule has 1 heterocycles. The average molecular weight is 263 g/mol. The van der Waals surface area contributed by atoms with Gasteiger partial charge in [0.25, 0.3) is 0 Å². The number of aromatic nitrogens is 1. The van der Waals surface area contributed by atoms with Gasteiger partial charge in [0.2, 0.25) is 5.78 Å². The second-order valence-corrected chi connectivity index (χ2v) is 4.52. The molecule has 5 heteroatoms. The predicted molar refractivity (Wildman–Crippen MR) is 69.8 cm³/mol. The highest BCUT2D eigenvalue weighted by atomic mass is 32.1. The lowest BCUT2D eigenvalue weighted by atomic mass is 10.1. The fraction of sp³-hybridized carbons (Fsp3) is 0.231. The summed E-state index contributed by atoms with van der Waals surface area (Å²) in [5.41, 5.74) is 2.92. The van der Waals surface area contributed by atoms with Crippen molar-refractivity contribution in [2.75, 3.05) is 14.2 Å². The Morgan fingerprint density at radius 3 is 2.61 bits per heavy atom. The Balaban J connectivity index is 2.45. The van der Waals surface area contributed by atoms with Crippen molar-refractivity contribution >= 4 is 17.1 Å². The van der Waals surface area contributed by atoms with Gasteiger partial charge in [0, 0.05) is 6.07 Å². The molecule has 2 aromatic rings. The molecule has 0 radical (unpaired) electrons. The topological polar surface area (TPSA) is 48.4 Å². The summed E-state index contributed by atoms with van der Waals surface area (Å²) >= 11 is 1.33. The number of carbonyl (C=O) groups excluding carboxylic acids is 1. The number of benzene rings is 1. The maximum absolute atomic E-state index is 12.4. The van der Waals surface area contributed by atoms with Crippen molar-refractivity contribution in [2.24, 2.45) is 0 Å². The minimum absolute atomic E-state index is 0.0745. The SMILES string of the molecule is COc1ccc(C(=O)c2scnc2C)c(OC)c1. The quantitative estimate of drug-likeness (QED) is 0.796. The molecule has 0 bridgehead atoms. The van der Waals surface area contributed by atoms with Gasteiger partial charge in [-0.3, -0.25) is 4.79 Å². The number of hydrogen-bond donors (Lipinski definition) is 0. The number of aryl methyl sites for hydroxylation is 1. The molecule has 1 aromatic carbocycles. The zero-order valence-corrected chi connectivity index (χ0v) is 11.2. The molecule has 4 nitrogen and oxygen atoms in total. The van der Waals surface area contributed by atoms with Gasteiger partial charge >= 0.3 is 0 Å². The van der Waals surface area contributed by atoms with Gasteiger partial charge in [-0.05, 0) is 19.1 Å². The van der Waals surface area contributed by atoms with E-state index in [0.29, 0.717) is 21.9 Å². The number of carbonyl (C=O) groups is 1. The van der Waals surface area contributed by atoms with Crippen molar-refractivity contribution < 1.29 is 14.3 Å². The summed E-state index contributed by atoms with van der Waals surface area (Å²) in [5, 5.41) is 0. The van der Waals surface area contributed by atoms with Crippen molar-refractivity contribution in [3.05, 3.63) is 39.8 Å². The van der Waals surface area contributed by atoms with E-state index >= 15 is 0 Å². The van der Waals surface area contributed by atoms with Crippen molar-refractivity contribution in [1.29, 1.82) is 0 Å². The third kappa shape index (κ3) is 2.22. The van der Waals surface area contributed by atoms with Crippen molar-refractivity contribution in [3.8, 4) is 11.5 Å². The minimum atomic E-state index is -0.0745. The van der Waals surface area contributed by atoms with Crippen LogP contribution < -0.4 is 9.47 Å². The molecule has 2 rings (SSSR count). The Kier molecular flexibility index (Phi) is 3.62. The molecular formula is C13H13NO3S. The number of ether oxygens (including phenoxy) is 2. The summed E-state index contributed by atoms with van der Waals surface area (Å²) in [6.45, 7) is 1.82. The van der Waals surface area contributed by atoms with Crippen molar-refractivity contribution in [1.82, 2.24) is 4.98 Å². The van der Waals surface area contributed by atoms with Crippen LogP contribution in [0.25, 0.3) is 0 Å². The number of thiazole rings is 1. The molecule has 0 saturated heterocycles. The average Bonchev–Trinajstić information content (AvgIpc) is 2.83. The first-order valence-corrected chi connectivity index (χ1v) is 6.22. The van der Waals surface area contributed by atoms with Crippen LogP contribution in [0.1, 0.15) is 20.9 Å². The summed E-state index contributed by atoms with van der Waals surface area (Å²) in [6, 6.07) is 5.15. The van der Waals surface area contributed by atoms with E-state index in [1.807, 2.05) is 6.92 Å². The number of ketones is 1. The predicted octanol–water partition coefficient (Wildman–Crippen LogP) is 2.70. The fourth-order valence-corrected chi connectivity index (χ4v) is 2.38. The molecule has 18 heavy (non-hydrogen) atoms. The van der Waals surface area contributed by atoms with Gasteiger partial charge in [-0.2, -0.15) is 0 Å². The largest absolute Gasteiger partial charge is 0.497 e. The monoisotopic (exact) mass is 263 g/mol. The highest BCUT2D eigenvalue weighted by Crippen LogP contribution is 2.28. The van der Waals surface area contributed by atoms with E-state index in [-0.39, 0.29) is 5.78 Å². The number of hydrogen-bond acceptors (Lipinski definition) is 5. The van der Waals surface area contributed by atoms with E-state index < -0.39 is 0 Å². The fourth-order valence-electron chi connectivity index (χ4n) is 1.63. The molecule has 0 aliphatic heterocycles. The minimum Gasteiger partial charge on any atom is -0.497 e. The van der Waals surface area contributed by atoms with Crippen LogP contribution in [-0.4, -0.2) is 25.0 Å². The maximum atomic E-state index is 12.4. The Morgan fingerprint density at radius 1 is 1.28 bits per heavy atom. The van der Waals surface area contributed by atoms with Crippen molar-refractivity contribution in [2.45, 2.75) is 6.92 Å². The summed E-state index contributed by atoms with van der Waals surface area (Å²) in [5.74, 6) is 1.09. The first kappa shape index (κ1) is 12.6. The normalized spacial score (nSPS) is 10.2. The van der Waals surface area contributed by atoms with E-state index in [0.717, 1.165) is 5.69 Å². The summed E-state index contributed by atoms with van der Waals surface area (Å²) in [4.78, 5) is 17.1. The zero-order chi connectivity index (χ0) is 13.1. The van der Waals surface area contributed by atoms with E-state index in [9.17, 15) is 4.79 Å². The number of rotatable bonds is 4. The van der Waals surface area contributed by atoms with Crippen LogP contribution in [-0.2, 0) is 0 Å². The van der Waals surface area contributed by atoms with Crippen molar-refractivity contribution in [3.63, 3.8) is 0 Å². The molecule has 0 aliphatic rings. The molecule has 0 unspecified atom stereocenters. The van der Waals surface area contributed by atoms with Crippen LogP contribution in [0.15, 0.2) is 23.7 Å². The zero-order valence-electron chi connectivity index (χ0n) is 10.4. The molecule has 0 aliphatic carbocycles. The Labute approximate surface area is 109 Å². The molecular weight excluding hydrogens is 250 g/mol. The number of nitrogens with zero attached hydrogens (tertiary/aromatic N) is 1. The van der Waals surface area contributed by atoms with Crippen LogP contribution >= 0.6 is 11.3 Å². The van der Waals surface area contributed by atoms with Gasteiger partial charge in [0.05, 0.1) is 35.9 Å². The molecule has 0 N–H and O–H groups in total. The van der Waals surface area contributed by atoms with Crippen LogP contribution in [0, 0.1) is 6.92 Å². The van der Waals surface area contributed by atoms with Gasteiger partial charge in [-0.1, -0.05) is 0 Å². The molecule has 0 spiro atoms. The van der Waals surface area contributed by atoms with Gasteiger partial charge in [-0.15, -0.1) is 11.3 Å². The van der Waals surface area contributed by atoms with Gasteiger partial charge in [0.1, 0.15) is 11.5 Å².